The number of halogens is 1. The normalized spacial score (nSPS) is 19.0. The number of anilines is 1. The van der Waals surface area contributed by atoms with Gasteiger partial charge in [0.15, 0.2) is 11.5 Å². The molecule has 0 aromatic heterocycles. The van der Waals surface area contributed by atoms with Gasteiger partial charge < -0.3 is 19.3 Å². The second kappa shape index (κ2) is 6.53. The van der Waals surface area contributed by atoms with Gasteiger partial charge in [0.1, 0.15) is 6.04 Å². The topological polar surface area (TPSA) is 59.1 Å². The van der Waals surface area contributed by atoms with Gasteiger partial charge in [-0.2, -0.15) is 0 Å². The summed E-state index contributed by atoms with van der Waals surface area (Å²) >= 11 is 6.22. The minimum absolute atomic E-state index is 0.151. The van der Waals surface area contributed by atoms with Gasteiger partial charge in [-0.15, -0.1) is 0 Å². The average molecular weight is 373 g/mol. The maximum absolute atomic E-state index is 12.9. The molecule has 7 heteroatoms. The van der Waals surface area contributed by atoms with Crippen LogP contribution in [0.2, 0.25) is 5.02 Å². The smallest absolute Gasteiger partial charge is 0.254 e. The summed E-state index contributed by atoms with van der Waals surface area (Å²) in [6, 6.07) is 11.7. The molecule has 0 bridgehead atoms. The number of carbonyl (C=O) groups is 2. The fourth-order valence-corrected chi connectivity index (χ4v) is 3.49. The van der Waals surface area contributed by atoms with Gasteiger partial charge in [0.05, 0.1) is 10.7 Å². The van der Waals surface area contributed by atoms with Crippen LogP contribution in [0.25, 0.3) is 0 Å². The Kier molecular flexibility index (Phi) is 4.20. The number of carbonyl (C=O) groups excluding carboxylic acids is 2. The number of benzene rings is 2. The quantitative estimate of drug-likeness (QED) is 0.813. The Bertz CT molecular complexity index is 886. The van der Waals surface area contributed by atoms with Crippen molar-refractivity contribution in [3.63, 3.8) is 0 Å². The number of rotatable bonds is 2. The number of hydrogen-bond acceptors (Lipinski definition) is 4. The minimum Gasteiger partial charge on any atom is -0.454 e. The Hall–Kier alpha value is -2.73. The lowest BCUT2D eigenvalue weighted by molar-refractivity contribution is -0.124. The van der Waals surface area contributed by atoms with Crippen molar-refractivity contribution in [1.82, 2.24) is 4.90 Å². The average Bonchev–Trinajstić information content (AvgIpc) is 3.12. The summed E-state index contributed by atoms with van der Waals surface area (Å²) < 4.78 is 10.6. The summed E-state index contributed by atoms with van der Waals surface area (Å²) in [7, 11) is 0. The molecule has 2 aromatic carbocycles. The first kappa shape index (κ1) is 16.7. The number of hydrogen-bond donors (Lipinski definition) is 0. The van der Waals surface area contributed by atoms with E-state index in [9.17, 15) is 9.59 Å². The largest absolute Gasteiger partial charge is 0.454 e. The van der Waals surface area contributed by atoms with Gasteiger partial charge in [0.25, 0.3) is 5.91 Å². The zero-order chi connectivity index (χ0) is 18.3. The van der Waals surface area contributed by atoms with Crippen LogP contribution < -0.4 is 14.4 Å². The molecular formula is C19H17ClN2O4. The monoisotopic (exact) mass is 372 g/mol. The predicted molar refractivity (Wildman–Crippen MR) is 96.9 cm³/mol. The first-order valence-electron chi connectivity index (χ1n) is 8.33. The zero-order valence-corrected chi connectivity index (χ0v) is 14.9. The third-order valence-electron chi connectivity index (χ3n) is 4.68. The SMILES string of the molecule is C[C@H]1C(=O)N(c2ccccc2Cl)CCN1C(=O)c1ccc2c(c1)OCO2. The molecule has 2 aliphatic heterocycles. The highest BCUT2D eigenvalue weighted by molar-refractivity contribution is 6.33. The van der Waals surface area contributed by atoms with E-state index < -0.39 is 6.04 Å². The summed E-state index contributed by atoms with van der Waals surface area (Å²) in [5.41, 5.74) is 1.14. The Labute approximate surface area is 155 Å². The van der Waals surface area contributed by atoms with Crippen molar-refractivity contribution in [3.05, 3.63) is 53.1 Å². The van der Waals surface area contributed by atoms with E-state index in [2.05, 4.69) is 0 Å². The molecular weight excluding hydrogens is 356 g/mol. The Morgan fingerprint density at radius 2 is 1.88 bits per heavy atom. The van der Waals surface area contributed by atoms with E-state index >= 15 is 0 Å². The van der Waals surface area contributed by atoms with E-state index in [0.29, 0.717) is 40.9 Å². The highest BCUT2D eigenvalue weighted by Crippen LogP contribution is 2.33. The molecule has 134 valence electrons. The molecule has 1 fully saturated rings. The summed E-state index contributed by atoms with van der Waals surface area (Å²) in [6.07, 6.45) is 0. The highest BCUT2D eigenvalue weighted by atomic mass is 35.5. The first-order valence-corrected chi connectivity index (χ1v) is 8.70. The van der Waals surface area contributed by atoms with Crippen molar-refractivity contribution in [2.45, 2.75) is 13.0 Å². The van der Waals surface area contributed by atoms with E-state index in [-0.39, 0.29) is 18.6 Å². The van der Waals surface area contributed by atoms with Gasteiger partial charge in [-0.25, -0.2) is 0 Å². The molecule has 2 aliphatic rings. The van der Waals surface area contributed by atoms with Crippen LogP contribution in [0.3, 0.4) is 0 Å². The zero-order valence-electron chi connectivity index (χ0n) is 14.1. The number of ether oxygens (including phenoxy) is 2. The molecule has 1 atom stereocenters. The van der Waals surface area contributed by atoms with Crippen LogP contribution in [-0.2, 0) is 4.79 Å². The van der Waals surface area contributed by atoms with Crippen LogP contribution in [-0.4, -0.2) is 42.6 Å². The van der Waals surface area contributed by atoms with Crippen LogP contribution in [0.4, 0.5) is 5.69 Å². The molecule has 6 nitrogen and oxygen atoms in total. The molecule has 1 saturated heterocycles. The summed E-state index contributed by atoms with van der Waals surface area (Å²) in [6.45, 7) is 2.70. The summed E-state index contributed by atoms with van der Waals surface area (Å²) in [5, 5.41) is 0.517. The molecule has 26 heavy (non-hydrogen) atoms. The Balaban J connectivity index is 1.55. The Morgan fingerprint density at radius 1 is 1.12 bits per heavy atom. The lowest BCUT2D eigenvalue weighted by Crippen LogP contribution is -2.57. The second-order valence-electron chi connectivity index (χ2n) is 6.18. The van der Waals surface area contributed by atoms with E-state index in [4.69, 9.17) is 21.1 Å². The fraction of sp³-hybridized carbons (Fsp3) is 0.263. The second-order valence-corrected chi connectivity index (χ2v) is 6.59. The number of piperazine rings is 1. The van der Waals surface area contributed by atoms with Crippen LogP contribution in [0.1, 0.15) is 17.3 Å². The number of nitrogens with zero attached hydrogens (tertiary/aromatic N) is 2. The third kappa shape index (κ3) is 2.76. The first-order chi connectivity index (χ1) is 12.6. The standard InChI is InChI=1S/C19H17ClN2O4/c1-12-18(23)22(15-5-3-2-4-14(15)20)9-8-21(12)19(24)13-6-7-16-17(10-13)26-11-25-16/h2-7,10,12H,8-9,11H2,1H3/t12-/m0/s1. The van der Waals surface area contributed by atoms with Crippen molar-refractivity contribution in [2.75, 3.05) is 24.8 Å². The lowest BCUT2D eigenvalue weighted by atomic mass is 10.1. The fourth-order valence-electron chi connectivity index (χ4n) is 3.25. The summed E-state index contributed by atoms with van der Waals surface area (Å²) in [4.78, 5) is 29.0. The van der Waals surface area contributed by atoms with Crippen molar-refractivity contribution >= 4 is 29.1 Å². The Morgan fingerprint density at radius 3 is 2.69 bits per heavy atom. The molecule has 2 amide bonds. The van der Waals surface area contributed by atoms with Crippen molar-refractivity contribution < 1.29 is 19.1 Å². The van der Waals surface area contributed by atoms with Gasteiger partial charge in [-0.3, -0.25) is 9.59 Å². The third-order valence-corrected chi connectivity index (χ3v) is 5.00. The molecule has 2 heterocycles. The van der Waals surface area contributed by atoms with Crippen molar-refractivity contribution in [2.24, 2.45) is 0 Å². The molecule has 0 N–H and O–H groups in total. The molecule has 0 unspecified atom stereocenters. The minimum atomic E-state index is -0.585. The number of fused-ring (bicyclic) bond motifs is 1. The van der Waals surface area contributed by atoms with Gasteiger partial charge in [0.2, 0.25) is 12.7 Å². The van der Waals surface area contributed by atoms with Crippen molar-refractivity contribution in [3.8, 4) is 11.5 Å². The van der Waals surface area contributed by atoms with Crippen LogP contribution in [0.15, 0.2) is 42.5 Å². The van der Waals surface area contributed by atoms with E-state index in [1.165, 1.54) is 0 Å². The van der Waals surface area contributed by atoms with Crippen LogP contribution in [0.5, 0.6) is 11.5 Å². The lowest BCUT2D eigenvalue weighted by Gasteiger charge is -2.39. The maximum Gasteiger partial charge on any atom is 0.254 e. The van der Waals surface area contributed by atoms with E-state index in [1.54, 1.807) is 41.0 Å². The summed E-state index contributed by atoms with van der Waals surface area (Å²) in [5.74, 6) is 0.806. The van der Waals surface area contributed by atoms with Gasteiger partial charge in [0, 0.05) is 18.7 Å². The van der Waals surface area contributed by atoms with Gasteiger partial charge in [-0.1, -0.05) is 23.7 Å². The van der Waals surface area contributed by atoms with Gasteiger partial charge >= 0.3 is 0 Å². The predicted octanol–water partition coefficient (Wildman–Crippen LogP) is 2.95. The van der Waals surface area contributed by atoms with Gasteiger partial charge in [-0.05, 0) is 37.3 Å². The van der Waals surface area contributed by atoms with Crippen molar-refractivity contribution in [1.29, 1.82) is 0 Å². The number of amides is 2. The molecule has 0 saturated carbocycles. The van der Waals surface area contributed by atoms with E-state index in [0.717, 1.165) is 0 Å². The molecule has 0 aliphatic carbocycles. The molecule has 0 spiro atoms. The highest BCUT2D eigenvalue weighted by Gasteiger charge is 2.36. The molecule has 0 radical (unpaired) electrons. The number of para-hydroxylation sites is 1. The maximum atomic E-state index is 12.9. The molecule has 2 aromatic rings. The van der Waals surface area contributed by atoms with Crippen LogP contribution in [0, 0.1) is 0 Å². The van der Waals surface area contributed by atoms with E-state index in [1.807, 2.05) is 18.2 Å². The van der Waals surface area contributed by atoms with Crippen LogP contribution >= 0.6 is 11.6 Å². The molecule has 4 rings (SSSR count).